The molecule has 28 heavy (non-hydrogen) atoms. The Balaban J connectivity index is 1.71. The summed E-state index contributed by atoms with van der Waals surface area (Å²) in [7, 11) is 0. The third kappa shape index (κ3) is 4.45. The van der Waals surface area contributed by atoms with Gasteiger partial charge in [0.05, 0.1) is 34.8 Å². The summed E-state index contributed by atoms with van der Waals surface area (Å²) >= 11 is 0. The lowest BCUT2D eigenvalue weighted by atomic mass is 10.1. The van der Waals surface area contributed by atoms with Crippen molar-refractivity contribution < 1.29 is 18.0 Å². The first-order valence-corrected chi connectivity index (χ1v) is 8.07. The number of anilines is 3. The summed E-state index contributed by atoms with van der Waals surface area (Å²) < 4.78 is 39.0. The van der Waals surface area contributed by atoms with Gasteiger partial charge in [0.2, 0.25) is 0 Å². The van der Waals surface area contributed by atoms with Gasteiger partial charge in [-0.2, -0.15) is 18.4 Å². The molecule has 0 fully saturated rings. The molecule has 0 radical (unpaired) electrons. The normalized spacial score (nSPS) is 10.8. The summed E-state index contributed by atoms with van der Waals surface area (Å²) in [5, 5.41) is 14.1. The molecule has 1 amide bonds. The van der Waals surface area contributed by atoms with E-state index in [1.807, 2.05) is 6.07 Å². The molecule has 0 saturated heterocycles. The minimum atomic E-state index is -4.58. The number of rotatable bonds is 4. The van der Waals surface area contributed by atoms with E-state index in [0.29, 0.717) is 11.3 Å². The van der Waals surface area contributed by atoms with Crippen LogP contribution in [0, 0.1) is 11.3 Å². The number of hydrogen-bond acceptors (Lipinski definition) is 4. The van der Waals surface area contributed by atoms with Crippen LogP contribution in [-0.2, 0) is 6.18 Å². The zero-order valence-corrected chi connectivity index (χ0v) is 14.3. The molecule has 0 aliphatic rings. The molecule has 8 heteroatoms. The Bertz CT molecular complexity index is 1020. The molecule has 3 aromatic rings. The number of halogens is 3. The SMILES string of the molecule is N#Cc1ccc(Nc2ccc(C(=O)Nc3ccccc3C(F)(F)F)nc2)cc1. The molecular weight excluding hydrogens is 369 g/mol. The standard InChI is InChI=1S/C20H13F3N4O/c21-20(22,23)16-3-1-2-4-17(16)27-19(28)18-10-9-15(12-25-18)26-14-7-5-13(11-24)6-8-14/h1-10,12,26H,(H,27,28). The molecule has 0 unspecified atom stereocenters. The van der Waals surface area contributed by atoms with Crippen molar-refractivity contribution in [2.24, 2.45) is 0 Å². The number of nitriles is 1. The van der Waals surface area contributed by atoms with Gasteiger partial charge in [-0.25, -0.2) is 4.98 Å². The maximum Gasteiger partial charge on any atom is 0.418 e. The van der Waals surface area contributed by atoms with Gasteiger partial charge >= 0.3 is 6.18 Å². The van der Waals surface area contributed by atoms with Gasteiger partial charge in [-0.3, -0.25) is 4.79 Å². The number of hydrogen-bond donors (Lipinski definition) is 2. The van der Waals surface area contributed by atoms with Gasteiger partial charge < -0.3 is 10.6 Å². The first kappa shape index (κ1) is 18.9. The van der Waals surface area contributed by atoms with Gasteiger partial charge in [-0.05, 0) is 48.5 Å². The van der Waals surface area contributed by atoms with Crippen molar-refractivity contribution in [2.45, 2.75) is 6.18 Å². The lowest BCUT2D eigenvalue weighted by Crippen LogP contribution is -2.17. The maximum absolute atomic E-state index is 13.0. The second-order valence-corrected chi connectivity index (χ2v) is 5.74. The third-order valence-corrected chi connectivity index (χ3v) is 3.78. The highest BCUT2D eigenvalue weighted by Gasteiger charge is 2.33. The Hall–Kier alpha value is -3.86. The van der Waals surface area contributed by atoms with Crippen LogP contribution in [0.1, 0.15) is 21.6 Å². The van der Waals surface area contributed by atoms with Crippen molar-refractivity contribution >= 4 is 23.0 Å². The number of para-hydroxylation sites is 1. The summed E-state index contributed by atoms with van der Waals surface area (Å²) in [6.07, 6.45) is -3.19. The van der Waals surface area contributed by atoms with Crippen LogP contribution in [0.15, 0.2) is 66.9 Å². The summed E-state index contributed by atoms with van der Waals surface area (Å²) in [4.78, 5) is 16.2. The molecule has 0 aliphatic carbocycles. The molecular formula is C20H13F3N4O. The number of carbonyl (C=O) groups excluding carboxylic acids is 1. The van der Waals surface area contributed by atoms with Crippen molar-refractivity contribution in [1.82, 2.24) is 4.98 Å². The predicted molar refractivity (Wildman–Crippen MR) is 98.1 cm³/mol. The number of aromatic nitrogens is 1. The molecule has 3 rings (SSSR count). The highest BCUT2D eigenvalue weighted by atomic mass is 19.4. The van der Waals surface area contributed by atoms with Crippen LogP contribution in [0.4, 0.5) is 30.2 Å². The van der Waals surface area contributed by atoms with Gasteiger partial charge in [0.15, 0.2) is 0 Å². The summed E-state index contributed by atoms with van der Waals surface area (Å²) in [6, 6.07) is 16.5. The molecule has 5 nitrogen and oxygen atoms in total. The Labute approximate surface area is 158 Å². The second kappa shape index (κ2) is 7.80. The van der Waals surface area contributed by atoms with Crippen molar-refractivity contribution in [2.75, 3.05) is 10.6 Å². The summed E-state index contributed by atoms with van der Waals surface area (Å²) in [6.45, 7) is 0. The van der Waals surface area contributed by atoms with E-state index in [9.17, 15) is 18.0 Å². The quantitative estimate of drug-likeness (QED) is 0.668. The van der Waals surface area contributed by atoms with Gasteiger partial charge in [-0.1, -0.05) is 12.1 Å². The van der Waals surface area contributed by atoms with Crippen LogP contribution in [0.3, 0.4) is 0 Å². The van der Waals surface area contributed by atoms with E-state index in [1.165, 1.54) is 30.5 Å². The smallest absolute Gasteiger partial charge is 0.354 e. The van der Waals surface area contributed by atoms with Crippen LogP contribution in [-0.4, -0.2) is 10.9 Å². The van der Waals surface area contributed by atoms with Crippen molar-refractivity contribution in [3.63, 3.8) is 0 Å². The molecule has 2 N–H and O–H groups in total. The van der Waals surface area contributed by atoms with E-state index in [4.69, 9.17) is 5.26 Å². The lowest BCUT2D eigenvalue weighted by molar-refractivity contribution is -0.136. The van der Waals surface area contributed by atoms with Crippen molar-refractivity contribution in [3.8, 4) is 6.07 Å². The van der Waals surface area contributed by atoms with E-state index in [2.05, 4.69) is 15.6 Å². The number of nitrogens with zero attached hydrogens (tertiary/aromatic N) is 2. The molecule has 1 heterocycles. The van der Waals surface area contributed by atoms with E-state index in [-0.39, 0.29) is 11.4 Å². The fourth-order valence-electron chi connectivity index (χ4n) is 2.42. The van der Waals surface area contributed by atoms with Crippen LogP contribution in [0.5, 0.6) is 0 Å². The second-order valence-electron chi connectivity index (χ2n) is 5.74. The van der Waals surface area contributed by atoms with Crippen LogP contribution in [0.2, 0.25) is 0 Å². The van der Waals surface area contributed by atoms with E-state index >= 15 is 0 Å². The first-order valence-electron chi connectivity index (χ1n) is 8.07. The Morgan fingerprint density at radius 2 is 1.64 bits per heavy atom. The number of amides is 1. The fourth-order valence-corrected chi connectivity index (χ4v) is 2.42. The molecule has 0 spiro atoms. The number of pyridine rings is 1. The average molecular weight is 382 g/mol. The van der Waals surface area contributed by atoms with E-state index in [0.717, 1.165) is 11.8 Å². The van der Waals surface area contributed by atoms with Crippen LogP contribution < -0.4 is 10.6 Å². The molecule has 0 bridgehead atoms. The van der Waals surface area contributed by atoms with Gasteiger partial charge in [0, 0.05) is 5.69 Å². The lowest BCUT2D eigenvalue weighted by Gasteiger charge is -2.13. The average Bonchev–Trinajstić information content (AvgIpc) is 2.69. The van der Waals surface area contributed by atoms with Crippen LogP contribution >= 0.6 is 0 Å². The third-order valence-electron chi connectivity index (χ3n) is 3.78. The zero-order valence-electron chi connectivity index (χ0n) is 14.3. The number of benzene rings is 2. The topological polar surface area (TPSA) is 77.8 Å². The van der Waals surface area contributed by atoms with E-state index in [1.54, 1.807) is 30.3 Å². The van der Waals surface area contributed by atoms with Crippen molar-refractivity contribution in [1.29, 1.82) is 5.26 Å². The monoisotopic (exact) mass is 382 g/mol. The van der Waals surface area contributed by atoms with Crippen LogP contribution in [0.25, 0.3) is 0 Å². The summed E-state index contributed by atoms with van der Waals surface area (Å²) in [5.41, 5.74) is 0.537. The van der Waals surface area contributed by atoms with Gasteiger partial charge in [-0.15, -0.1) is 0 Å². The molecule has 2 aromatic carbocycles. The number of alkyl halides is 3. The Kier molecular flexibility index (Phi) is 5.27. The Morgan fingerprint density at radius 3 is 2.25 bits per heavy atom. The summed E-state index contributed by atoms with van der Waals surface area (Å²) in [5.74, 6) is -0.748. The van der Waals surface area contributed by atoms with Gasteiger partial charge in [0.25, 0.3) is 5.91 Å². The first-order chi connectivity index (χ1) is 13.4. The molecule has 0 saturated carbocycles. The zero-order chi connectivity index (χ0) is 20.1. The highest BCUT2D eigenvalue weighted by molar-refractivity contribution is 6.03. The molecule has 1 aromatic heterocycles. The van der Waals surface area contributed by atoms with E-state index < -0.39 is 17.6 Å². The maximum atomic E-state index is 13.0. The molecule has 140 valence electrons. The predicted octanol–water partition coefficient (Wildman–Crippen LogP) is 4.97. The largest absolute Gasteiger partial charge is 0.418 e. The minimum absolute atomic E-state index is 0.0256. The van der Waals surface area contributed by atoms with Gasteiger partial charge in [0.1, 0.15) is 5.69 Å². The minimum Gasteiger partial charge on any atom is -0.354 e. The Morgan fingerprint density at radius 1 is 0.964 bits per heavy atom. The molecule has 0 aliphatic heterocycles. The number of nitrogens with one attached hydrogen (secondary N) is 2. The van der Waals surface area contributed by atoms with Crippen molar-refractivity contribution in [3.05, 3.63) is 83.7 Å². The molecule has 0 atom stereocenters. The number of carbonyl (C=O) groups is 1. The fraction of sp³-hybridized carbons (Fsp3) is 0.0500. The highest BCUT2D eigenvalue weighted by Crippen LogP contribution is 2.34.